The van der Waals surface area contributed by atoms with Crippen LogP contribution in [0.15, 0.2) is 39.9 Å². The molecule has 2 aromatic rings. The molecule has 0 saturated carbocycles. The third-order valence-corrected chi connectivity index (χ3v) is 5.53. The zero-order chi connectivity index (χ0) is 23.4. The summed E-state index contributed by atoms with van der Waals surface area (Å²) in [6.07, 6.45) is 0.696. The summed E-state index contributed by atoms with van der Waals surface area (Å²) < 4.78 is 21.4. The molecule has 0 spiro atoms. The lowest BCUT2D eigenvalue weighted by molar-refractivity contribution is -0.133. The molecular formula is C23H31FN4O4. The van der Waals surface area contributed by atoms with Gasteiger partial charge in [0.25, 0.3) is 11.5 Å². The summed E-state index contributed by atoms with van der Waals surface area (Å²) >= 11 is 0. The third-order valence-electron chi connectivity index (χ3n) is 5.53. The molecule has 1 aromatic heterocycles. The first-order valence-corrected chi connectivity index (χ1v) is 11.0. The lowest BCUT2D eigenvalue weighted by atomic mass is 10.3. The smallest absolute Gasteiger partial charge is 0.333 e. The highest BCUT2D eigenvalue weighted by Crippen LogP contribution is 2.18. The average molecular weight is 447 g/mol. The number of carbonyl (C=O) groups excluding carboxylic acids is 1. The highest BCUT2D eigenvalue weighted by Gasteiger charge is 2.24. The van der Waals surface area contributed by atoms with Crippen molar-refractivity contribution in [3.8, 4) is 5.75 Å². The van der Waals surface area contributed by atoms with Crippen LogP contribution in [0, 0.1) is 5.82 Å². The van der Waals surface area contributed by atoms with E-state index in [2.05, 4.69) is 0 Å². The lowest BCUT2D eigenvalue weighted by Crippen LogP contribution is -2.45. The van der Waals surface area contributed by atoms with Crippen molar-refractivity contribution in [2.75, 3.05) is 37.7 Å². The van der Waals surface area contributed by atoms with E-state index in [1.165, 1.54) is 34.9 Å². The number of aromatic nitrogens is 2. The first-order chi connectivity index (χ1) is 15.2. The Bertz CT molecular complexity index is 1060. The molecule has 1 aromatic carbocycles. The Kier molecular flexibility index (Phi) is 7.37. The predicted molar refractivity (Wildman–Crippen MR) is 121 cm³/mol. The molecule has 0 bridgehead atoms. The standard InChI is InChI=1S/C23H31FN4O4/c1-16(2)27-20(14-21(29)28(17(3)4)23(27)31)25-10-5-11-26(13-12-25)22(30)15-32-19-8-6-18(24)7-9-19/h6-9,14,16-17H,5,10-13,15H2,1-4H3. The maximum absolute atomic E-state index is 13.0. The van der Waals surface area contributed by atoms with Gasteiger partial charge in [0, 0.05) is 44.3 Å². The molecule has 1 amide bonds. The van der Waals surface area contributed by atoms with E-state index < -0.39 is 0 Å². The minimum atomic E-state index is -0.364. The molecule has 0 radical (unpaired) electrons. The van der Waals surface area contributed by atoms with Gasteiger partial charge in [-0.05, 0) is 58.4 Å². The molecule has 1 fully saturated rings. The van der Waals surface area contributed by atoms with Crippen molar-refractivity contribution < 1.29 is 13.9 Å². The summed E-state index contributed by atoms with van der Waals surface area (Å²) in [5.41, 5.74) is -0.635. The van der Waals surface area contributed by atoms with E-state index in [-0.39, 0.29) is 41.7 Å². The van der Waals surface area contributed by atoms with Gasteiger partial charge in [-0.2, -0.15) is 0 Å². The van der Waals surface area contributed by atoms with Crippen LogP contribution in [0.1, 0.15) is 46.2 Å². The van der Waals surface area contributed by atoms with E-state index in [1.54, 1.807) is 9.47 Å². The number of nitrogens with zero attached hydrogens (tertiary/aromatic N) is 4. The van der Waals surface area contributed by atoms with Crippen molar-refractivity contribution in [1.29, 1.82) is 0 Å². The summed E-state index contributed by atoms with van der Waals surface area (Å²) in [5.74, 6) is 0.497. The van der Waals surface area contributed by atoms with Crippen LogP contribution in [-0.2, 0) is 4.79 Å². The van der Waals surface area contributed by atoms with Crippen molar-refractivity contribution in [1.82, 2.24) is 14.0 Å². The minimum absolute atomic E-state index is 0.117. The molecule has 8 nitrogen and oxygen atoms in total. The number of hydrogen-bond donors (Lipinski definition) is 0. The number of carbonyl (C=O) groups is 1. The Labute approximate surface area is 186 Å². The van der Waals surface area contributed by atoms with E-state index in [0.29, 0.717) is 44.2 Å². The largest absolute Gasteiger partial charge is 0.484 e. The van der Waals surface area contributed by atoms with Crippen LogP contribution >= 0.6 is 0 Å². The van der Waals surface area contributed by atoms with E-state index in [0.717, 1.165) is 0 Å². The van der Waals surface area contributed by atoms with Gasteiger partial charge in [0.1, 0.15) is 17.4 Å². The highest BCUT2D eigenvalue weighted by atomic mass is 19.1. The molecule has 2 heterocycles. The summed E-state index contributed by atoms with van der Waals surface area (Å²) in [5, 5.41) is 0. The lowest BCUT2D eigenvalue weighted by Gasteiger charge is -2.28. The first kappa shape index (κ1) is 23.6. The van der Waals surface area contributed by atoms with E-state index in [1.807, 2.05) is 32.6 Å². The summed E-state index contributed by atoms with van der Waals surface area (Å²) in [6.45, 7) is 9.46. The molecular weight excluding hydrogens is 415 g/mol. The fraction of sp³-hybridized carbons (Fsp3) is 0.522. The summed E-state index contributed by atoms with van der Waals surface area (Å²) in [4.78, 5) is 42.0. The van der Waals surface area contributed by atoms with Crippen LogP contribution in [0.4, 0.5) is 10.2 Å². The molecule has 1 saturated heterocycles. The van der Waals surface area contributed by atoms with E-state index >= 15 is 0 Å². The van der Waals surface area contributed by atoms with Gasteiger partial charge < -0.3 is 14.5 Å². The molecule has 9 heteroatoms. The van der Waals surface area contributed by atoms with Crippen molar-refractivity contribution in [3.63, 3.8) is 0 Å². The Morgan fingerprint density at radius 2 is 1.62 bits per heavy atom. The van der Waals surface area contributed by atoms with Gasteiger partial charge in [-0.3, -0.25) is 18.7 Å². The Morgan fingerprint density at radius 1 is 0.969 bits per heavy atom. The van der Waals surface area contributed by atoms with Crippen LogP contribution in [0.5, 0.6) is 5.75 Å². The van der Waals surface area contributed by atoms with Crippen molar-refractivity contribution >= 4 is 11.7 Å². The number of anilines is 1. The summed E-state index contributed by atoms with van der Waals surface area (Å²) in [7, 11) is 0. The van der Waals surface area contributed by atoms with Crippen molar-refractivity contribution in [2.45, 2.75) is 46.2 Å². The normalized spacial score (nSPS) is 14.7. The quantitative estimate of drug-likeness (QED) is 0.681. The second-order valence-electron chi connectivity index (χ2n) is 8.51. The second kappa shape index (κ2) is 10.0. The Morgan fingerprint density at radius 3 is 2.25 bits per heavy atom. The summed E-state index contributed by atoms with van der Waals surface area (Å²) in [6, 6.07) is 6.71. The maximum atomic E-state index is 13.0. The zero-order valence-electron chi connectivity index (χ0n) is 19.1. The number of amides is 1. The van der Waals surface area contributed by atoms with Gasteiger partial charge in [0.05, 0.1) is 0 Å². The van der Waals surface area contributed by atoms with Gasteiger partial charge in [0.2, 0.25) is 0 Å². The van der Waals surface area contributed by atoms with Gasteiger partial charge in [-0.15, -0.1) is 0 Å². The molecule has 0 aliphatic carbocycles. The Hall–Kier alpha value is -3.10. The molecule has 32 heavy (non-hydrogen) atoms. The van der Waals surface area contributed by atoms with Crippen LogP contribution < -0.4 is 20.9 Å². The fourth-order valence-electron chi connectivity index (χ4n) is 3.93. The monoisotopic (exact) mass is 446 g/mol. The van der Waals surface area contributed by atoms with Crippen LogP contribution in [0.3, 0.4) is 0 Å². The van der Waals surface area contributed by atoms with Crippen LogP contribution in [0.25, 0.3) is 0 Å². The molecule has 1 aliphatic rings. The van der Waals surface area contributed by atoms with Gasteiger partial charge in [-0.25, -0.2) is 9.18 Å². The maximum Gasteiger partial charge on any atom is 0.333 e. The Balaban J connectivity index is 1.73. The van der Waals surface area contributed by atoms with Crippen LogP contribution in [-0.4, -0.2) is 52.7 Å². The molecule has 0 N–H and O–H groups in total. The highest BCUT2D eigenvalue weighted by molar-refractivity contribution is 5.77. The molecule has 0 atom stereocenters. The first-order valence-electron chi connectivity index (χ1n) is 11.0. The van der Waals surface area contributed by atoms with Crippen LogP contribution in [0.2, 0.25) is 0 Å². The van der Waals surface area contributed by atoms with Gasteiger partial charge in [0.15, 0.2) is 6.61 Å². The van der Waals surface area contributed by atoms with E-state index in [4.69, 9.17) is 4.74 Å². The van der Waals surface area contributed by atoms with Crippen molar-refractivity contribution in [3.05, 3.63) is 57.0 Å². The molecule has 1 aliphatic heterocycles. The van der Waals surface area contributed by atoms with E-state index in [9.17, 15) is 18.8 Å². The van der Waals surface area contributed by atoms with Gasteiger partial charge in [-0.1, -0.05) is 0 Å². The third kappa shape index (κ3) is 5.20. The fourth-order valence-corrected chi connectivity index (χ4v) is 3.93. The molecule has 174 valence electrons. The topological polar surface area (TPSA) is 76.8 Å². The number of halogens is 1. The SMILES string of the molecule is CC(C)n1c(N2CCCN(C(=O)COc3ccc(F)cc3)CC2)cc(=O)n(C(C)C)c1=O. The molecule has 0 unspecified atom stereocenters. The van der Waals surface area contributed by atoms with Crippen molar-refractivity contribution in [2.24, 2.45) is 0 Å². The number of hydrogen-bond acceptors (Lipinski definition) is 5. The number of ether oxygens (including phenoxy) is 1. The minimum Gasteiger partial charge on any atom is -0.484 e. The number of rotatable bonds is 6. The number of benzene rings is 1. The molecule has 3 rings (SSSR count). The second-order valence-corrected chi connectivity index (χ2v) is 8.51. The zero-order valence-corrected chi connectivity index (χ0v) is 19.1. The van der Waals surface area contributed by atoms with Gasteiger partial charge >= 0.3 is 5.69 Å². The average Bonchev–Trinajstić information content (AvgIpc) is 2.98. The predicted octanol–water partition coefficient (Wildman–Crippen LogP) is 2.43.